The topological polar surface area (TPSA) is 17.1 Å². The second-order valence-corrected chi connectivity index (χ2v) is 9.56. The number of hydrogen-bond donors (Lipinski definition) is 0. The number of halogens is 1. The maximum absolute atomic E-state index is 13.7. The number of rotatable bonds is 7. The average Bonchev–Trinajstić information content (AvgIpc) is 2.69. The minimum atomic E-state index is -2.31. The summed E-state index contributed by atoms with van der Waals surface area (Å²) in [6, 6.07) is 31.1. The Labute approximate surface area is 167 Å². The molecule has 0 atom stereocenters. The minimum Gasteiger partial charge on any atom is -1.00 e. The molecule has 0 spiro atoms. The Kier molecular flexibility index (Phi) is 7.75. The van der Waals surface area contributed by atoms with E-state index in [1.54, 1.807) is 0 Å². The molecule has 1 nitrogen and oxygen atoms in total. The standard InChI is InChI=1S/C23H24OP.BrH/c1-2-3-19-23(24)25(20-13-7-4-8-14-20,21-15-9-5-10-16-21)22-17-11-6-12-18-22;/h4-18H,2-3,19H2,1H3;1H/q+1;/p-1. The maximum atomic E-state index is 13.7. The van der Waals surface area contributed by atoms with Crippen molar-refractivity contribution in [3.63, 3.8) is 0 Å². The molecule has 0 radical (unpaired) electrons. The molecular weight excluding hydrogens is 403 g/mol. The van der Waals surface area contributed by atoms with Crippen LogP contribution in [0.3, 0.4) is 0 Å². The summed E-state index contributed by atoms with van der Waals surface area (Å²) in [6.45, 7) is 2.14. The van der Waals surface area contributed by atoms with Crippen molar-refractivity contribution in [2.75, 3.05) is 0 Å². The third kappa shape index (κ3) is 3.98. The highest BCUT2D eigenvalue weighted by Crippen LogP contribution is 2.57. The Bertz CT molecular complexity index is 707. The summed E-state index contributed by atoms with van der Waals surface area (Å²) in [6.07, 6.45) is 2.60. The molecule has 3 heteroatoms. The fourth-order valence-electron chi connectivity index (χ4n) is 3.33. The van der Waals surface area contributed by atoms with Crippen molar-refractivity contribution in [2.24, 2.45) is 0 Å². The summed E-state index contributed by atoms with van der Waals surface area (Å²) in [4.78, 5) is 13.7. The molecule has 0 aliphatic carbocycles. The van der Waals surface area contributed by atoms with E-state index >= 15 is 0 Å². The largest absolute Gasteiger partial charge is 1.00 e. The fraction of sp³-hybridized carbons (Fsp3) is 0.174. The van der Waals surface area contributed by atoms with Gasteiger partial charge < -0.3 is 17.0 Å². The SMILES string of the molecule is CCCCC(=O)[P+](c1ccccc1)(c1ccccc1)c1ccccc1.[Br-]. The number of hydrogen-bond acceptors (Lipinski definition) is 1. The Balaban J connectivity index is 0.00000243. The van der Waals surface area contributed by atoms with Crippen molar-refractivity contribution in [3.8, 4) is 0 Å². The first-order valence-corrected chi connectivity index (χ1v) is 10.7. The monoisotopic (exact) mass is 426 g/mol. The first-order valence-electron chi connectivity index (χ1n) is 8.89. The van der Waals surface area contributed by atoms with Gasteiger partial charge in [0.2, 0.25) is 0 Å². The molecule has 3 aromatic rings. The molecule has 0 heterocycles. The van der Waals surface area contributed by atoms with Crippen LogP contribution in [0.5, 0.6) is 0 Å². The Morgan fingerprint density at radius 2 is 1.04 bits per heavy atom. The first-order chi connectivity index (χ1) is 12.3. The van der Waals surface area contributed by atoms with E-state index in [1.165, 1.54) is 0 Å². The minimum absolute atomic E-state index is 0. The molecule has 0 unspecified atom stereocenters. The Hall–Kier alpha value is -1.76. The van der Waals surface area contributed by atoms with Crippen LogP contribution in [0.1, 0.15) is 26.2 Å². The van der Waals surface area contributed by atoms with Gasteiger partial charge in [0.05, 0.1) is 0 Å². The Morgan fingerprint density at radius 1 is 0.692 bits per heavy atom. The van der Waals surface area contributed by atoms with Crippen LogP contribution in [0.15, 0.2) is 91.0 Å². The molecule has 134 valence electrons. The van der Waals surface area contributed by atoms with Crippen LogP contribution in [0.4, 0.5) is 0 Å². The van der Waals surface area contributed by atoms with Crippen molar-refractivity contribution in [2.45, 2.75) is 26.2 Å². The smallest absolute Gasteiger partial charge is 0.283 e. The molecular formula is C23H24BrOP. The fourth-order valence-corrected chi connectivity index (χ4v) is 7.44. The lowest BCUT2D eigenvalue weighted by molar-refractivity contribution is -0.111. The third-order valence-corrected chi connectivity index (χ3v) is 8.74. The second kappa shape index (κ2) is 9.80. The van der Waals surface area contributed by atoms with Crippen LogP contribution in [-0.2, 0) is 4.79 Å². The van der Waals surface area contributed by atoms with Crippen LogP contribution < -0.4 is 32.9 Å². The van der Waals surface area contributed by atoms with E-state index in [0.29, 0.717) is 11.9 Å². The van der Waals surface area contributed by atoms with E-state index in [-0.39, 0.29) is 17.0 Å². The maximum Gasteiger partial charge on any atom is 0.283 e. The van der Waals surface area contributed by atoms with Crippen molar-refractivity contribution >= 4 is 28.7 Å². The van der Waals surface area contributed by atoms with Crippen LogP contribution in [0, 0.1) is 0 Å². The summed E-state index contributed by atoms with van der Waals surface area (Å²) in [5.74, 6) is 0. The summed E-state index contributed by atoms with van der Waals surface area (Å²) in [7, 11) is -2.31. The molecule has 0 bridgehead atoms. The number of unbranched alkanes of at least 4 members (excludes halogenated alkanes) is 1. The lowest BCUT2D eigenvalue weighted by Gasteiger charge is -2.25. The lowest BCUT2D eigenvalue weighted by atomic mass is 10.3. The quantitative estimate of drug-likeness (QED) is 0.525. The average molecular weight is 427 g/mol. The molecule has 3 aromatic carbocycles. The highest BCUT2D eigenvalue weighted by atomic mass is 79.9. The van der Waals surface area contributed by atoms with E-state index in [2.05, 4.69) is 43.3 Å². The van der Waals surface area contributed by atoms with E-state index in [4.69, 9.17) is 0 Å². The van der Waals surface area contributed by atoms with Gasteiger partial charge in [-0.2, -0.15) is 0 Å². The number of carbonyl (C=O) groups excluding carboxylic acids is 1. The third-order valence-electron chi connectivity index (χ3n) is 4.55. The molecule has 26 heavy (non-hydrogen) atoms. The number of carbonyl (C=O) groups is 1. The van der Waals surface area contributed by atoms with E-state index < -0.39 is 7.26 Å². The van der Waals surface area contributed by atoms with Gasteiger partial charge in [0.15, 0.2) is 7.26 Å². The first kappa shape index (κ1) is 20.6. The van der Waals surface area contributed by atoms with Crippen molar-refractivity contribution in [1.29, 1.82) is 0 Å². The van der Waals surface area contributed by atoms with E-state index in [0.717, 1.165) is 28.8 Å². The van der Waals surface area contributed by atoms with Gasteiger partial charge in [0.25, 0.3) is 5.52 Å². The van der Waals surface area contributed by atoms with Gasteiger partial charge in [-0.05, 0) is 42.8 Å². The van der Waals surface area contributed by atoms with Crippen molar-refractivity contribution in [3.05, 3.63) is 91.0 Å². The van der Waals surface area contributed by atoms with Crippen LogP contribution >= 0.6 is 7.26 Å². The summed E-state index contributed by atoms with van der Waals surface area (Å²) < 4.78 is 0. The molecule has 0 aromatic heterocycles. The molecule has 3 rings (SSSR count). The van der Waals surface area contributed by atoms with Crippen LogP contribution in [0.25, 0.3) is 0 Å². The van der Waals surface area contributed by atoms with Gasteiger partial charge in [0.1, 0.15) is 15.9 Å². The molecule has 0 N–H and O–H groups in total. The normalized spacial score (nSPS) is 10.8. The van der Waals surface area contributed by atoms with Crippen molar-refractivity contribution < 1.29 is 21.8 Å². The molecule has 0 saturated carbocycles. The van der Waals surface area contributed by atoms with Gasteiger partial charge in [-0.15, -0.1) is 0 Å². The van der Waals surface area contributed by atoms with Gasteiger partial charge in [0, 0.05) is 6.42 Å². The second-order valence-electron chi connectivity index (χ2n) is 6.17. The van der Waals surface area contributed by atoms with Gasteiger partial charge >= 0.3 is 0 Å². The lowest BCUT2D eigenvalue weighted by Crippen LogP contribution is -3.00. The highest BCUT2D eigenvalue weighted by molar-refractivity contribution is 8.08. The molecule has 0 amide bonds. The summed E-state index contributed by atoms with van der Waals surface area (Å²) in [5, 5.41) is 3.44. The molecule has 0 aliphatic rings. The van der Waals surface area contributed by atoms with E-state index in [9.17, 15) is 4.79 Å². The molecule has 0 saturated heterocycles. The summed E-state index contributed by atoms with van der Waals surface area (Å²) >= 11 is 0. The Morgan fingerprint density at radius 3 is 1.35 bits per heavy atom. The molecule has 0 fully saturated rings. The van der Waals surface area contributed by atoms with Crippen LogP contribution in [-0.4, -0.2) is 5.52 Å². The summed E-state index contributed by atoms with van der Waals surface area (Å²) in [5.41, 5.74) is 0.373. The predicted molar refractivity (Wildman–Crippen MR) is 110 cm³/mol. The van der Waals surface area contributed by atoms with E-state index in [1.807, 2.05) is 54.6 Å². The highest BCUT2D eigenvalue weighted by Gasteiger charge is 2.52. The van der Waals surface area contributed by atoms with Gasteiger partial charge in [-0.1, -0.05) is 67.9 Å². The van der Waals surface area contributed by atoms with Gasteiger partial charge in [-0.25, -0.2) is 0 Å². The zero-order chi connectivity index (χ0) is 17.5. The van der Waals surface area contributed by atoms with Gasteiger partial charge in [-0.3, -0.25) is 4.79 Å². The van der Waals surface area contributed by atoms with Crippen LogP contribution in [0.2, 0.25) is 0 Å². The zero-order valence-electron chi connectivity index (χ0n) is 15.0. The predicted octanol–water partition coefficient (Wildman–Crippen LogP) is 1.70. The van der Waals surface area contributed by atoms with Crippen molar-refractivity contribution in [1.82, 2.24) is 0 Å². The zero-order valence-corrected chi connectivity index (χ0v) is 17.5. The molecule has 0 aliphatic heterocycles. The number of benzene rings is 3.